The van der Waals surface area contributed by atoms with Gasteiger partial charge in [0.05, 0.1) is 19.4 Å². The lowest BCUT2D eigenvalue weighted by atomic mass is 10.2. The minimum Gasteiger partial charge on any atom is -0.495 e. The van der Waals surface area contributed by atoms with Gasteiger partial charge < -0.3 is 15.6 Å². The molecule has 114 valence electrons. The van der Waals surface area contributed by atoms with Crippen LogP contribution in [0, 0.1) is 0 Å². The van der Waals surface area contributed by atoms with Crippen LogP contribution in [0.2, 0.25) is 0 Å². The molecular formula is C11H12BrN3O4S2. The van der Waals surface area contributed by atoms with Crippen LogP contribution in [-0.2, 0) is 16.6 Å². The number of hydrogen-bond acceptors (Lipinski definition) is 7. The monoisotopic (exact) mass is 393 g/mol. The summed E-state index contributed by atoms with van der Waals surface area (Å²) in [4.78, 5) is 3.74. The quantitative estimate of drug-likeness (QED) is 0.713. The number of aliphatic hydroxyl groups is 1. The number of nitrogen functional groups attached to an aromatic ring is 1. The van der Waals surface area contributed by atoms with Gasteiger partial charge in [-0.15, -0.1) is 11.3 Å². The van der Waals surface area contributed by atoms with Crippen molar-refractivity contribution in [3.8, 4) is 5.75 Å². The summed E-state index contributed by atoms with van der Waals surface area (Å²) in [5.74, 6) is 0.286. The number of halogens is 1. The molecule has 21 heavy (non-hydrogen) atoms. The van der Waals surface area contributed by atoms with Crippen LogP contribution in [0.3, 0.4) is 0 Å². The fraction of sp³-hybridized carbons (Fsp3) is 0.182. The van der Waals surface area contributed by atoms with E-state index in [0.29, 0.717) is 10.0 Å². The molecular weight excluding hydrogens is 382 g/mol. The maximum atomic E-state index is 12.2. The highest BCUT2D eigenvalue weighted by molar-refractivity contribution is 9.10. The highest BCUT2D eigenvalue weighted by Crippen LogP contribution is 2.33. The largest absolute Gasteiger partial charge is 0.495 e. The first-order valence-corrected chi connectivity index (χ1v) is 8.74. The zero-order chi connectivity index (χ0) is 15.6. The molecule has 0 saturated heterocycles. The fourth-order valence-electron chi connectivity index (χ4n) is 1.56. The van der Waals surface area contributed by atoms with Gasteiger partial charge >= 0.3 is 0 Å². The summed E-state index contributed by atoms with van der Waals surface area (Å²) in [6.45, 7) is -0.202. The number of anilines is 2. The minimum atomic E-state index is -3.86. The average Bonchev–Trinajstić information content (AvgIpc) is 2.86. The molecule has 10 heteroatoms. The van der Waals surface area contributed by atoms with Crippen molar-refractivity contribution in [1.29, 1.82) is 0 Å². The molecule has 1 heterocycles. The van der Waals surface area contributed by atoms with Crippen LogP contribution in [0.1, 0.15) is 5.56 Å². The van der Waals surface area contributed by atoms with E-state index in [1.807, 2.05) is 0 Å². The summed E-state index contributed by atoms with van der Waals surface area (Å²) >= 11 is 4.29. The summed E-state index contributed by atoms with van der Waals surface area (Å²) < 4.78 is 32.5. The third-order valence-corrected chi connectivity index (χ3v) is 5.37. The Hall–Kier alpha value is -1.36. The lowest BCUT2D eigenvalue weighted by Gasteiger charge is -2.13. The first kappa shape index (κ1) is 16.0. The molecule has 0 amide bonds. The lowest BCUT2D eigenvalue weighted by Crippen LogP contribution is -2.14. The second-order valence-corrected chi connectivity index (χ2v) is 7.30. The topological polar surface area (TPSA) is 115 Å². The summed E-state index contributed by atoms with van der Waals surface area (Å²) in [6, 6.07) is 3.05. The van der Waals surface area contributed by atoms with Gasteiger partial charge in [-0.1, -0.05) is 15.9 Å². The van der Waals surface area contributed by atoms with Crippen molar-refractivity contribution in [2.75, 3.05) is 17.6 Å². The highest BCUT2D eigenvalue weighted by atomic mass is 79.9. The van der Waals surface area contributed by atoms with Crippen LogP contribution >= 0.6 is 27.3 Å². The number of thiazole rings is 1. The van der Waals surface area contributed by atoms with Crippen molar-refractivity contribution in [2.45, 2.75) is 11.6 Å². The van der Waals surface area contributed by atoms with Crippen LogP contribution in [0.25, 0.3) is 0 Å². The number of benzene rings is 1. The molecule has 0 radical (unpaired) electrons. The first-order chi connectivity index (χ1) is 9.87. The van der Waals surface area contributed by atoms with Gasteiger partial charge in [-0.3, -0.25) is 4.72 Å². The predicted molar refractivity (Wildman–Crippen MR) is 84.0 cm³/mol. The Morgan fingerprint density at radius 3 is 2.76 bits per heavy atom. The van der Waals surface area contributed by atoms with Gasteiger partial charge in [-0.05, 0) is 17.7 Å². The van der Waals surface area contributed by atoms with Gasteiger partial charge in [0.25, 0.3) is 10.0 Å². The average molecular weight is 394 g/mol. The molecule has 1 aromatic carbocycles. The van der Waals surface area contributed by atoms with E-state index in [2.05, 4.69) is 25.6 Å². The maximum absolute atomic E-state index is 12.2. The number of aliphatic hydroxyl groups excluding tert-OH is 1. The predicted octanol–water partition coefficient (Wildman–Crippen LogP) is 1.79. The second kappa shape index (κ2) is 6.18. The molecule has 4 N–H and O–H groups in total. The Morgan fingerprint density at radius 1 is 1.52 bits per heavy atom. The highest BCUT2D eigenvalue weighted by Gasteiger charge is 2.20. The number of rotatable bonds is 5. The lowest BCUT2D eigenvalue weighted by molar-refractivity contribution is 0.280. The zero-order valence-electron chi connectivity index (χ0n) is 10.8. The van der Waals surface area contributed by atoms with Gasteiger partial charge in [0, 0.05) is 9.85 Å². The molecule has 0 fully saturated rings. The molecule has 7 nitrogen and oxygen atoms in total. The second-order valence-electron chi connectivity index (χ2n) is 3.93. The van der Waals surface area contributed by atoms with Crippen molar-refractivity contribution in [2.24, 2.45) is 0 Å². The van der Waals surface area contributed by atoms with Crippen molar-refractivity contribution in [3.05, 3.63) is 27.5 Å². The third kappa shape index (κ3) is 3.46. The Labute approximate surface area is 134 Å². The van der Waals surface area contributed by atoms with E-state index >= 15 is 0 Å². The van der Waals surface area contributed by atoms with E-state index in [0.717, 1.165) is 11.3 Å². The van der Waals surface area contributed by atoms with Gasteiger partial charge in [0.15, 0.2) is 10.2 Å². The van der Waals surface area contributed by atoms with E-state index in [-0.39, 0.29) is 28.2 Å². The number of nitrogens with two attached hydrogens (primary N) is 1. The van der Waals surface area contributed by atoms with Gasteiger partial charge in [0.1, 0.15) is 5.75 Å². The van der Waals surface area contributed by atoms with Crippen molar-refractivity contribution in [1.82, 2.24) is 4.98 Å². The Kier molecular flexibility index (Phi) is 4.71. The van der Waals surface area contributed by atoms with Crippen molar-refractivity contribution >= 4 is 48.1 Å². The van der Waals surface area contributed by atoms with Gasteiger partial charge in [-0.2, -0.15) is 8.42 Å². The van der Waals surface area contributed by atoms with E-state index in [1.54, 1.807) is 0 Å². The molecule has 2 aromatic rings. The summed E-state index contributed by atoms with van der Waals surface area (Å²) in [6.07, 6.45) is 0. The number of aromatic nitrogens is 1. The molecule has 2 rings (SSSR count). The number of hydrogen-bond donors (Lipinski definition) is 3. The van der Waals surface area contributed by atoms with Crippen molar-refractivity contribution in [3.63, 3.8) is 0 Å². The van der Waals surface area contributed by atoms with Crippen LogP contribution in [0.15, 0.2) is 27.0 Å². The number of nitrogens with zero attached hydrogens (tertiary/aromatic N) is 1. The van der Waals surface area contributed by atoms with Gasteiger partial charge in [0.2, 0.25) is 0 Å². The molecule has 0 saturated carbocycles. The molecule has 0 aliphatic carbocycles. The Morgan fingerprint density at radius 2 is 2.24 bits per heavy atom. The smallest absolute Gasteiger partial charge is 0.280 e. The number of sulfonamides is 1. The Balaban J connectivity index is 2.41. The third-order valence-electron chi connectivity index (χ3n) is 2.56. The summed E-state index contributed by atoms with van der Waals surface area (Å²) in [7, 11) is -2.45. The molecule has 0 atom stereocenters. The van der Waals surface area contributed by atoms with Gasteiger partial charge in [-0.25, -0.2) is 4.98 Å². The standard InChI is InChI=1S/C11H12BrN3O4S2/c1-19-9-2-6(4-16)7(12)3-8(9)15-21(17,18)10-5-20-11(13)14-10/h2-3,5,15-16H,4H2,1H3,(H2,13,14). The molecule has 0 aliphatic heterocycles. The minimum absolute atomic E-state index is 0.158. The molecule has 1 aromatic heterocycles. The molecule has 0 aliphatic rings. The SMILES string of the molecule is COc1cc(CO)c(Br)cc1NS(=O)(=O)c1csc(N)n1. The van der Waals surface area contributed by atoms with Crippen LogP contribution in [-0.4, -0.2) is 25.6 Å². The van der Waals surface area contributed by atoms with Crippen LogP contribution < -0.4 is 15.2 Å². The fourth-order valence-corrected chi connectivity index (χ4v) is 3.93. The van der Waals surface area contributed by atoms with Crippen LogP contribution in [0.4, 0.5) is 10.8 Å². The molecule has 0 spiro atoms. The zero-order valence-corrected chi connectivity index (χ0v) is 14.0. The van der Waals surface area contributed by atoms with Crippen LogP contribution in [0.5, 0.6) is 5.75 Å². The normalized spacial score (nSPS) is 11.4. The van der Waals surface area contributed by atoms with E-state index in [1.165, 1.54) is 24.6 Å². The summed E-state index contributed by atoms with van der Waals surface area (Å²) in [5, 5.41) is 10.6. The molecule has 0 bridgehead atoms. The Bertz CT molecular complexity index is 761. The van der Waals surface area contributed by atoms with E-state index < -0.39 is 10.0 Å². The van der Waals surface area contributed by atoms with E-state index in [9.17, 15) is 13.5 Å². The van der Waals surface area contributed by atoms with E-state index in [4.69, 9.17) is 10.5 Å². The van der Waals surface area contributed by atoms with Crippen molar-refractivity contribution < 1.29 is 18.3 Å². The maximum Gasteiger partial charge on any atom is 0.280 e. The number of nitrogens with one attached hydrogen (secondary N) is 1. The molecule has 0 unspecified atom stereocenters. The first-order valence-electron chi connectivity index (χ1n) is 5.58. The number of methoxy groups -OCH3 is 1. The summed E-state index contributed by atoms with van der Waals surface area (Å²) in [5.41, 5.74) is 6.25. The number of ether oxygens (including phenoxy) is 1.